The quantitative estimate of drug-likeness (QED) is 0.504. The van der Waals surface area contributed by atoms with Gasteiger partial charge in [0.05, 0.1) is 15.9 Å². The maximum absolute atomic E-state index is 10.7. The lowest BCUT2D eigenvalue weighted by atomic mass is 10.2. The van der Waals surface area contributed by atoms with Gasteiger partial charge in [0.15, 0.2) is 5.03 Å². The van der Waals surface area contributed by atoms with Crippen LogP contribution in [0.2, 0.25) is 5.02 Å². The molecule has 0 fully saturated rings. The number of rotatable bonds is 5. The van der Waals surface area contributed by atoms with Gasteiger partial charge in [-0.1, -0.05) is 30.3 Å². The van der Waals surface area contributed by atoms with Crippen LogP contribution < -0.4 is 0 Å². The minimum absolute atomic E-state index is 0.173. The van der Waals surface area contributed by atoms with Crippen molar-refractivity contribution < 1.29 is 14.8 Å². The summed E-state index contributed by atoms with van der Waals surface area (Å²) in [5.41, 5.74) is -0.208. The highest BCUT2D eigenvalue weighted by Gasteiger charge is 2.19. The molecule has 0 aliphatic heterocycles. The summed E-state index contributed by atoms with van der Waals surface area (Å²) in [6.07, 6.45) is 1.29. The van der Waals surface area contributed by atoms with E-state index < -0.39 is 16.8 Å². The van der Waals surface area contributed by atoms with Crippen LogP contribution in [0.25, 0.3) is 0 Å². The van der Waals surface area contributed by atoms with Gasteiger partial charge in [-0.15, -0.1) is 0 Å². The number of pyridine rings is 1. The first-order valence-corrected chi connectivity index (χ1v) is 5.93. The number of nitro groups is 1. The van der Waals surface area contributed by atoms with Crippen LogP contribution in [0.3, 0.4) is 0 Å². The Morgan fingerprint density at radius 3 is 2.94 bits per heavy atom. The largest absolute Gasteiger partial charge is 0.481 e. The molecule has 8 heteroatoms. The molecule has 6 nitrogen and oxygen atoms in total. The molecular formula is C9H9ClN2O4S. The molecule has 1 heterocycles. The van der Waals surface area contributed by atoms with E-state index in [9.17, 15) is 14.9 Å². The van der Waals surface area contributed by atoms with Gasteiger partial charge in [-0.2, -0.15) is 0 Å². The molecule has 0 amide bonds. The van der Waals surface area contributed by atoms with Crippen LogP contribution in [0.15, 0.2) is 17.3 Å². The van der Waals surface area contributed by atoms with Crippen molar-refractivity contribution >= 4 is 35.0 Å². The van der Waals surface area contributed by atoms with Gasteiger partial charge in [0.1, 0.15) is 0 Å². The zero-order valence-corrected chi connectivity index (χ0v) is 10.4. The van der Waals surface area contributed by atoms with E-state index in [2.05, 4.69) is 4.98 Å². The third-order valence-electron chi connectivity index (χ3n) is 1.89. The normalized spacial score (nSPS) is 12.1. The van der Waals surface area contributed by atoms with E-state index in [1.54, 1.807) is 0 Å². The van der Waals surface area contributed by atoms with E-state index in [0.717, 1.165) is 11.8 Å². The smallest absolute Gasteiger partial charge is 0.307 e. The van der Waals surface area contributed by atoms with Crippen molar-refractivity contribution in [3.05, 3.63) is 27.4 Å². The van der Waals surface area contributed by atoms with Crippen LogP contribution in [0.1, 0.15) is 6.92 Å². The van der Waals surface area contributed by atoms with Gasteiger partial charge in [-0.25, -0.2) is 4.98 Å². The topological polar surface area (TPSA) is 93.3 Å². The number of thioether (sulfide) groups is 1. The molecule has 0 saturated carbocycles. The number of carboxylic acids is 1. The second-order valence-corrected chi connectivity index (χ2v) is 4.73. The van der Waals surface area contributed by atoms with Crippen molar-refractivity contribution in [3.63, 3.8) is 0 Å². The number of aromatic nitrogens is 1. The summed E-state index contributed by atoms with van der Waals surface area (Å²) in [5.74, 6) is -1.34. The van der Waals surface area contributed by atoms with Crippen molar-refractivity contribution in [2.45, 2.75) is 11.9 Å². The number of halogens is 1. The Morgan fingerprint density at radius 2 is 2.41 bits per heavy atom. The van der Waals surface area contributed by atoms with Crippen LogP contribution in [-0.4, -0.2) is 26.7 Å². The Morgan fingerprint density at radius 1 is 1.76 bits per heavy atom. The van der Waals surface area contributed by atoms with Gasteiger partial charge in [0, 0.05) is 18.0 Å². The maximum Gasteiger partial charge on any atom is 0.307 e. The monoisotopic (exact) mass is 276 g/mol. The first kappa shape index (κ1) is 13.7. The summed E-state index contributed by atoms with van der Waals surface area (Å²) in [4.78, 5) is 24.6. The van der Waals surface area contributed by atoms with Crippen LogP contribution in [0.5, 0.6) is 0 Å². The summed E-state index contributed by atoms with van der Waals surface area (Å²) in [7, 11) is 0. The Balaban J connectivity index is 2.84. The van der Waals surface area contributed by atoms with Gasteiger partial charge >= 0.3 is 11.7 Å². The van der Waals surface area contributed by atoms with Gasteiger partial charge in [-0.05, 0) is 0 Å². The average Bonchev–Trinajstić information content (AvgIpc) is 2.26. The van der Waals surface area contributed by atoms with Gasteiger partial charge in [0.2, 0.25) is 0 Å². The lowest BCUT2D eigenvalue weighted by Crippen LogP contribution is -2.12. The number of carboxylic acid groups (broad SMARTS) is 1. The Hall–Kier alpha value is -1.34. The zero-order valence-electron chi connectivity index (χ0n) is 8.79. The molecule has 0 bridgehead atoms. The van der Waals surface area contributed by atoms with E-state index in [1.807, 2.05) is 0 Å². The van der Waals surface area contributed by atoms with E-state index in [-0.39, 0.29) is 21.5 Å². The van der Waals surface area contributed by atoms with Crippen molar-refractivity contribution in [1.29, 1.82) is 0 Å². The SMILES string of the molecule is CC(CSc1ncc(Cl)cc1[N+](=O)[O-])C(=O)O. The van der Waals surface area contributed by atoms with Crippen LogP contribution >= 0.6 is 23.4 Å². The first-order chi connectivity index (χ1) is 7.91. The summed E-state index contributed by atoms with van der Waals surface area (Å²) < 4.78 is 0. The fraction of sp³-hybridized carbons (Fsp3) is 0.333. The van der Waals surface area contributed by atoms with Gasteiger partial charge < -0.3 is 5.11 Å². The molecule has 0 saturated heterocycles. The molecule has 0 aliphatic carbocycles. The molecule has 0 spiro atoms. The fourth-order valence-corrected chi connectivity index (χ4v) is 2.04. The number of hydrogen-bond donors (Lipinski definition) is 1. The third-order valence-corrected chi connectivity index (χ3v) is 3.35. The molecule has 1 N–H and O–H groups in total. The predicted octanol–water partition coefficient (Wildman–Crippen LogP) is 2.46. The average molecular weight is 277 g/mol. The summed E-state index contributed by atoms with van der Waals surface area (Å²) >= 11 is 6.63. The summed E-state index contributed by atoms with van der Waals surface area (Å²) in [5, 5.41) is 19.8. The number of aliphatic carboxylic acids is 1. The minimum atomic E-state index is -0.950. The molecule has 1 atom stereocenters. The lowest BCUT2D eigenvalue weighted by Gasteiger charge is -2.05. The Bertz CT molecular complexity index is 455. The van der Waals surface area contributed by atoms with Crippen molar-refractivity contribution in [2.24, 2.45) is 5.92 Å². The lowest BCUT2D eigenvalue weighted by molar-refractivity contribution is -0.388. The molecule has 92 valence electrons. The molecule has 0 aromatic carbocycles. The van der Waals surface area contributed by atoms with E-state index in [1.165, 1.54) is 19.2 Å². The Kier molecular flexibility index (Phi) is 4.71. The highest BCUT2D eigenvalue weighted by Crippen LogP contribution is 2.30. The van der Waals surface area contributed by atoms with Crippen molar-refractivity contribution in [2.75, 3.05) is 5.75 Å². The predicted molar refractivity (Wildman–Crippen MR) is 63.4 cm³/mol. The van der Waals surface area contributed by atoms with Crippen LogP contribution in [-0.2, 0) is 4.79 Å². The number of nitrogens with zero attached hydrogens (tertiary/aromatic N) is 2. The highest BCUT2D eigenvalue weighted by atomic mass is 35.5. The summed E-state index contributed by atoms with van der Waals surface area (Å²) in [6.45, 7) is 1.52. The van der Waals surface area contributed by atoms with E-state index in [4.69, 9.17) is 16.7 Å². The molecular weight excluding hydrogens is 268 g/mol. The molecule has 0 radical (unpaired) electrons. The standard InChI is InChI=1S/C9H9ClN2O4S/c1-5(9(13)14)4-17-8-7(12(15)16)2-6(10)3-11-8/h2-3,5H,4H2,1H3,(H,13,14). The third kappa shape index (κ3) is 3.86. The molecule has 1 aromatic heterocycles. The van der Waals surface area contributed by atoms with Crippen molar-refractivity contribution in [3.8, 4) is 0 Å². The second kappa shape index (κ2) is 5.83. The zero-order chi connectivity index (χ0) is 13.0. The van der Waals surface area contributed by atoms with E-state index in [0.29, 0.717) is 0 Å². The minimum Gasteiger partial charge on any atom is -0.481 e. The van der Waals surface area contributed by atoms with Gasteiger partial charge in [-0.3, -0.25) is 14.9 Å². The molecule has 0 aliphatic rings. The second-order valence-electron chi connectivity index (χ2n) is 3.29. The van der Waals surface area contributed by atoms with Crippen molar-refractivity contribution in [1.82, 2.24) is 4.98 Å². The molecule has 1 rings (SSSR count). The van der Waals surface area contributed by atoms with Gasteiger partial charge in [0.25, 0.3) is 0 Å². The number of carbonyl (C=O) groups is 1. The Labute approximate surface area is 106 Å². The van der Waals surface area contributed by atoms with E-state index >= 15 is 0 Å². The van der Waals surface area contributed by atoms with Crippen LogP contribution in [0.4, 0.5) is 5.69 Å². The van der Waals surface area contributed by atoms with Crippen LogP contribution in [0, 0.1) is 16.0 Å². The number of hydrogen-bond acceptors (Lipinski definition) is 5. The maximum atomic E-state index is 10.7. The fourth-order valence-electron chi connectivity index (χ4n) is 0.933. The molecule has 1 aromatic rings. The first-order valence-electron chi connectivity index (χ1n) is 4.57. The summed E-state index contributed by atoms with van der Waals surface area (Å²) in [6, 6.07) is 1.20. The highest BCUT2D eigenvalue weighted by molar-refractivity contribution is 7.99. The molecule has 17 heavy (non-hydrogen) atoms. The molecule has 1 unspecified atom stereocenters.